The Morgan fingerprint density at radius 3 is 2.73 bits per heavy atom. The van der Waals surface area contributed by atoms with E-state index in [0.29, 0.717) is 18.0 Å². The SMILES string of the molecule is Cc1noc(C)c1CCC(=O)Nc1nc(CN2C[C@H](C)O[C@@H](C)C2)cs1. The fourth-order valence-corrected chi connectivity index (χ4v) is 4.08. The number of aromatic nitrogens is 2. The van der Waals surface area contributed by atoms with Crippen molar-refractivity contribution in [2.24, 2.45) is 0 Å². The van der Waals surface area contributed by atoms with Crippen molar-refractivity contribution in [2.45, 2.75) is 59.3 Å². The van der Waals surface area contributed by atoms with Crippen molar-refractivity contribution in [3.05, 3.63) is 28.1 Å². The van der Waals surface area contributed by atoms with Crippen LogP contribution < -0.4 is 5.32 Å². The van der Waals surface area contributed by atoms with Crippen molar-refractivity contribution in [1.82, 2.24) is 15.0 Å². The molecule has 1 N–H and O–H groups in total. The lowest BCUT2D eigenvalue weighted by Gasteiger charge is -2.34. The van der Waals surface area contributed by atoms with Crippen LogP contribution >= 0.6 is 11.3 Å². The van der Waals surface area contributed by atoms with E-state index in [4.69, 9.17) is 9.26 Å². The Kier molecular flexibility index (Phi) is 6.05. The van der Waals surface area contributed by atoms with E-state index in [2.05, 4.69) is 34.2 Å². The first kappa shape index (κ1) is 19.0. The highest BCUT2D eigenvalue weighted by Crippen LogP contribution is 2.20. The van der Waals surface area contributed by atoms with Gasteiger partial charge in [0.15, 0.2) is 5.13 Å². The first-order chi connectivity index (χ1) is 12.4. The number of aryl methyl sites for hydroxylation is 2. The average Bonchev–Trinajstić information content (AvgIpc) is 3.11. The zero-order chi connectivity index (χ0) is 18.7. The molecule has 2 atom stereocenters. The molecule has 2 aromatic rings. The van der Waals surface area contributed by atoms with Crippen molar-refractivity contribution in [2.75, 3.05) is 18.4 Å². The number of hydrogen-bond donors (Lipinski definition) is 1. The predicted octanol–water partition coefficient (Wildman–Crippen LogP) is 2.93. The maximum Gasteiger partial charge on any atom is 0.226 e. The molecular weight excluding hydrogens is 352 g/mol. The molecule has 0 bridgehead atoms. The fraction of sp³-hybridized carbons (Fsp3) is 0.611. The van der Waals surface area contributed by atoms with Crippen molar-refractivity contribution >= 4 is 22.4 Å². The molecule has 1 aliphatic heterocycles. The van der Waals surface area contributed by atoms with Gasteiger partial charge in [0.25, 0.3) is 0 Å². The number of nitrogens with zero attached hydrogens (tertiary/aromatic N) is 3. The van der Waals surface area contributed by atoms with Crippen LogP contribution in [0.2, 0.25) is 0 Å². The molecule has 8 heteroatoms. The summed E-state index contributed by atoms with van der Waals surface area (Å²) in [4.78, 5) is 19.1. The quantitative estimate of drug-likeness (QED) is 0.832. The highest BCUT2D eigenvalue weighted by Gasteiger charge is 2.22. The second-order valence-corrected chi connectivity index (χ2v) is 7.80. The smallest absolute Gasteiger partial charge is 0.226 e. The number of ether oxygens (including phenoxy) is 1. The van der Waals surface area contributed by atoms with Gasteiger partial charge < -0.3 is 14.6 Å². The van der Waals surface area contributed by atoms with E-state index >= 15 is 0 Å². The number of carbonyl (C=O) groups is 1. The van der Waals surface area contributed by atoms with E-state index in [-0.39, 0.29) is 18.1 Å². The van der Waals surface area contributed by atoms with E-state index in [1.54, 1.807) is 0 Å². The summed E-state index contributed by atoms with van der Waals surface area (Å²) in [5.74, 6) is 0.736. The molecule has 2 aromatic heterocycles. The van der Waals surface area contributed by atoms with Gasteiger partial charge in [-0.3, -0.25) is 9.69 Å². The van der Waals surface area contributed by atoms with Crippen molar-refractivity contribution in [1.29, 1.82) is 0 Å². The topological polar surface area (TPSA) is 80.5 Å². The van der Waals surface area contributed by atoms with Gasteiger partial charge in [0.05, 0.1) is 23.6 Å². The summed E-state index contributed by atoms with van der Waals surface area (Å²) in [6, 6.07) is 0. The van der Waals surface area contributed by atoms with Crippen LogP contribution in [-0.4, -0.2) is 46.2 Å². The number of thiazole rings is 1. The monoisotopic (exact) mass is 378 g/mol. The van der Waals surface area contributed by atoms with Gasteiger partial charge >= 0.3 is 0 Å². The van der Waals surface area contributed by atoms with E-state index in [1.165, 1.54) is 11.3 Å². The third-order valence-electron chi connectivity index (χ3n) is 4.46. The highest BCUT2D eigenvalue weighted by atomic mass is 32.1. The summed E-state index contributed by atoms with van der Waals surface area (Å²) in [6.07, 6.45) is 1.48. The lowest BCUT2D eigenvalue weighted by molar-refractivity contribution is -0.116. The molecule has 7 nitrogen and oxygen atoms in total. The number of morpholine rings is 1. The van der Waals surface area contributed by atoms with Gasteiger partial charge in [-0.2, -0.15) is 0 Å². The highest BCUT2D eigenvalue weighted by molar-refractivity contribution is 7.13. The summed E-state index contributed by atoms with van der Waals surface area (Å²) >= 11 is 1.47. The minimum Gasteiger partial charge on any atom is -0.373 e. The minimum atomic E-state index is -0.0421. The third-order valence-corrected chi connectivity index (χ3v) is 5.27. The van der Waals surface area contributed by atoms with Gasteiger partial charge in [0, 0.05) is 37.0 Å². The maximum atomic E-state index is 12.2. The molecule has 0 spiro atoms. The average molecular weight is 378 g/mol. The Morgan fingerprint density at radius 1 is 1.35 bits per heavy atom. The third kappa shape index (κ3) is 4.90. The van der Waals surface area contributed by atoms with Gasteiger partial charge in [-0.05, 0) is 34.1 Å². The number of carbonyl (C=O) groups excluding carboxylic acids is 1. The molecule has 0 aromatic carbocycles. The molecule has 1 amide bonds. The van der Waals surface area contributed by atoms with Crippen LogP contribution in [0.4, 0.5) is 5.13 Å². The van der Waals surface area contributed by atoms with Crippen LogP contribution in [0, 0.1) is 13.8 Å². The van der Waals surface area contributed by atoms with Crippen molar-refractivity contribution in [3.63, 3.8) is 0 Å². The van der Waals surface area contributed by atoms with Gasteiger partial charge in [0.1, 0.15) is 5.76 Å². The molecule has 1 saturated heterocycles. The molecule has 1 aliphatic rings. The molecule has 3 heterocycles. The number of anilines is 1. The van der Waals surface area contributed by atoms with E-state index < -0.39 is 0 Å². The minimum absolute atomic E-state index is 0.0421. The molecule has 142 valence electrons. The lowest BCUT2D eigenvalue weighted by Crippen LogP contribution is -2.44. The molecule has 0 radical (unpaired) electrons. The second kappa shape index (κ2) is 8.28. The van der Waals surface area contributed by atoms with Crippen LogP contribution in [0.3, 0.4) is 0 Å². The molecule has 0 saturated carbocycles. The number of hydrogen-bond acceptors (Lipinski definition) is 7. The van der Waals surface area contributed by atoms with Crippen LogP contribution in [0.1, 0.15) is 43.0 Å². The van der Waals surface area contributed by atoms with E-state index in [0.717, 1.165) is 42.3 Å². The second-order valence-electron chi connectivity index (χ2n) is 6.95. The van der Waals surface area contributed by atoms with Gasteiger partial charge in [-0.15, -0.1) is 11.3 Å². The van der Waals surface area contributed by atoms with Gasteiger partial charge in [-0.25, -0.2) is 4.98 Å². The standard InChI is InChI=1S/C18H26N4O3S/c1-11-7-22(8-12(2)24-11)9-15-10-26-18(19-15)20-17(23)6-5-16-13(3)21-25-14(16)4/h10-12H,5-9H2,1-4H3,(H,19,20,23)/t11-,12-/m0/s1. The number of rotatable bonds is 6. The summed E-state index contributed by atoms with van der Waals surface area (Å²) in [7, 11) is 0. The fourth-order valence-electron chi connectivity index (χ4n) is 3.36. The van der Waals surface area contributed by atoms with E-state index in [1.807, 2.05) is 19.2 Å². The molecule has 26 heavy (non-hydrogen) atoms. The first-order valence-corrected chi connectivity index (χ1v) is 9.82. The summed E-state index contributed by atoms with van der Waals surface area (Å²) < 4.78 is 10.9. The molecule has 1 fully saturated rings. The molecule has 0 unspecified atom stereocenters. The zero-order valence-electron chi connectivity index (χ0n) is 15.7. The molecule has 3 rings (SSSR count). The Morgan fingerprint density at radius 2 is 2.08 bits per heavy atom. The summed E-state index contributed by atoms with van der Waals surface area (Å²) in [5, 5.41) is 9.47. The Hall–Kier alpha value is -1.77. The zero-order valence-corrected chi connectivity index (χ0v) is 16.6. The predicted molar refractivity (Wildman–Crippen MR) is 100 cm³/mol. The van der Waals surface area contributed by atoms with Crippen LogP contribution in [0.5, 0.6) is 0 Å². The normalized spacial score (nSPS) is 21.1. The number of nitrogens with one attached hydrogen (secondary N) is 1. The van der Waals surface area contributed by atoms with E-state index in [9.17, 15) is 4.79 Å². The van der Waals surface area contributed by atoms with Crippen LogP contribution in [0.25, 0.3) is 0 Å². The van der Waals surface area contributed by atoms with Gasteiger partial charge in [0.2, 0.25) is 5.91 Å². The lowest BCUT2D eigenvalue weighted by atomic mass is 10.1. The first-order valence-electron chi connectivity index (χ1n) is 8.94. The van der Waals surface area contributed by atoms with Crippen LogP contribution in [-0.2, 0) is 22.5 Å². The van der Waals surface area contributed by atoms with Crippen LogP contribution in [0.15, 0.2) is 9.90 Å². The number of amides is 1. The molecular formula is C18H26N4O3S. The van der Waals surface area contributed by atoms with Crippen molar-refractivity contribution < 1.29 is 14.1 Å². The Balaban J connectivity index is 1.49. The van der Waals surface area contributed by atoms with Gasteiger partial charge in [-0.1, -0.05) is 5.16 Å². The Bertz CT molecular complexity index is 728. The largest absolute Gasteiger partial charge is 0.373 e. The Labute approximate surface area is 157 Å². The maximum absolute atomic E-state index is 12.2. The van der Waals surface area contributed by atoms with Crippen molar-refractivity contribution in [3.8, 4) is 0 Å². The summed E-state index contributed by atoms with van der Waals surface area (Å²) in [5.41, 5.74) is 2.84. The summed E-state index contributed by atoms with van der Waals surface area (Å²) in [6.45, 7) is 10.5. The molecule has 0 aliphatic carbocycles.